The van der Waals surface area contributed by atoms with Crippen LogP contribution in [0.3, 0.4) is 0 Å². The van der Waals surface area contributed by atoms with Gasteiger partial charge in [-0.1, -0.05) is 44.2 Å². The normalized spacial score (nSPS) is 27.6. The number of nitrogens with one attached hydrogen (secondary N) is 1. The largest absolute Gasteiger partial charge is 0.311 e. The average Bonchev–Trinajstić information content (AvgIpc) is 2.95. The fourth-order valence-corrected chi connectivity index (χ4v) is 2.66. The molecule has 2 aliphatic heterocycles. The molecular weight excluding hydrogens is 196 g/mol. The number of likely N-dealkylation sites (tertiary alicyclic amines) is 1. The van der Waals surface area contributed by atoms with E-state index >= 15 is 0 Å². The summed E-state index contributed by atoms with van der Waals surface area (Å²) in [5.74, 6) is 0. The van der Waals surface area contributed by atoms with E-state index in [1.165, 1.54) is 25.1 Å². The molecule has 1 N–H and O–H groups in total. The van der Waals surface area contributed by atoms with Crippen molar-refractivity contribution in [2.75, 3.05) is 13.1 Å². The van der Waals surface area contributed by atoms with Gasteiger partial charge in [0.1, 0.15) is 0 Å². The lowest BCUT2D eigenvalue weighted by atomic mass is 10.2. The summed E-state index contributed by atoms with van der Waals surface area (Å²) in [5.41, 5.74) is 1.44. The van der Waals surface area contributed by atoms with Crippen LogP contribution in [0.25, 0.3) is 0 Å². The van der Waals surface area contributed by atoms with Crippen LogP contribution in [-0.2, 0) is 6.54 Å². The van der Waals surface area contributed by atoms with Crippen LogP contribution >= 0.6 is 0 Å². The third-order valence-corrected chi connectivity index (χ3v) is 3.40. The zero-order valence-electron chi connectivity index (χ0n) is 10.3. The highest BCUT2D eigenvalue weighted by Crippen LogP contribution is 2.24. The Kier molecular flexibility index (Phi) is 3.97. The van der Waals surface area contributed by atoms with E-state index in [0.29, 0.717) is 0 Å². The van der Waals surface area contributed by atoms with Gasteiger partial charge in [-0.15, -0.1) is 0 Å². The molecule has 2 aliphatic rings. The molecule has 2 nitrogen and oxygen atoms in total. The highest BCUT2D eigenvalue weighted by atomic mass is 15.3. The maximum atomic E-state index is 3.53. The van der Waals surface area contributed by atoms with Gasteiger partial charge in [-0.05, 0) is 12.0 Å². The highest BCUT2D eigenvalue weighted by Gasteiger charge is 2.36. The van der Waals surface area contributed by atoms with Gasteiger partial charge >= 0.3 is 0 Å². The summed E-state index contributed by atoms with van der Waals surface area (Å²) in [7, 11) is 0. The molecule has 2 heteroatoms. The van der Waals surface area contributed by atoms with Crippen molar-refractivity contribution in [3.8, 4) is 0 Å². The quantitative estimate of drug-likeness (QED) is 0.819. The van der Waals surface area contributed by atoms with Gasteiger partial charge in [-0.3, -0.25) is 4.90 Å². The second kappa shape index (κ2) is 5.46. The van der Waals surface area contributed by atoms with Crippen LogP contribution in [0, 0.1) is 0 Å². The van der Waals surface area contributed by atoms with Crippen molar-refractivity contribution in [1.29, 1.82) is 0 Å². The van der Waals surface area contributed by atoms with Crippen LogP contribution in [0.1, 0.15) is 25.8 Å². The van der Waals surface area contributed by atoms with Gasteiger partial charge < -0.3 is 5.32 Å². The molecule has 0 saturated carbocycles. The molecule has 2 fully saturated rings. The Hall–Kier alpha value is -0.860. The minimum atomic E-state index is 0.767. The number of piperazine rings is 1. The van der Waals surface area contributed by atoms with E-state index in [2.05, 4.69) is 40.5 Å². The molecule has 2 saturated heterocycles. The molecule has 0 aromatic heterocycles. The maximum absolute atomic E-state index is 3.53. The Balaban J connectivity index is 0.000000457. The first-order valence-electron chi connectivity index (χ1n) is 6.43. The van der Waals surface area contributed by atoms with E-state index in [1.54, 1.807) is 0 Å². The van der Waals surface area contributed by atoms with E-state index in [4.69, 9.17) is 0 Å². The Morgan fingerprint density at radius 1 is 1.25 bits per heavy atom. The zero-order chi connectivity index (χ0) is 11.4. The number of benzene rings is 1. The van der Waals surface area contributed by atoms with Crippen LogP contribution in [0.5, 0.6) is 0 Å². The Bertz CT molecular complexity index is 310. The summed E-state index contributed by atoms with van der Waals surface area (Å²) in [5, 5.41) is 3.53. The second-order valence-corrected chi connectivity index (χ2v) is 4.41. The van der Waals surface area contributed by atoms with E-state index in [-0.39, 0.29) is 0 Å². The number of rotatable bonds is 2. The summed E-state index contributed by atoms with van der Waals surface area (Å²) in [6.45, 7) is 7.56. The van der Waals surface area contributed by atoms with Crippen molar-refractivity contribution in [3.63, 3.8) is 0 Å². The first-order chi connectivity index (χ1) is 7.92. The summed E-state index contributed by atoms with van der Waals surface area (Å²) in [6, 6.07) is 12.3. The molecule has 2 unspecified atom stereocenters. The number of hydrogen-bond acceptors (Lipinski definition) is 2. The fourth-order valence-electron chi connectivity index (χ4n) is 2.66. The van der Waals surface area contributed by atoms with Gasteiger partial charge in [0.25, 0.3) is 0 Å². The van der Waals surface area contributed by atoms with Gasteiger partial charge in [0.2, 0.25) is 0 Å². The van der Waals surface area contributed by atoms with Gasteiger partial charge in [0.05, 0.1) is 0 Å². The third kappa shape index (κ3) is 2.45. The third-order valence-electron chi connectivity index (χ3n) is 3.40. The van der Waals surface area contributed by atoms with E-state index in [1.807, 2.05) is 13.8 Å². The standard InChI is InChI=1S/C12H16N2.C2H6/c1-2-4-10(5-3-1)8-14-9-11-6-12(14)7-13-11;1-2/h1-5,11-13H,6-9H2;1-2H3. The molecule has 0 aliphatic carbocycles. The number of nitrogens with zero attached hydrogens (tertiary/aromatic N) is 1. The lowest BCUT2D eigenvalue weighted by molar-refractivity contribution is 0.218. The molecular formula is C14H22N2. The molecule has 2 heterocycles. The molecule has 2 atom stereocenters. The number of fused-ring (bicyclic) bond motifs is 2. The second-order valence-electron chi connectivity index (χ2n) is 4.41. The smallest absolute Gasteiger partial charge is 0.0240 e. The number of hydrogen-bond donors (Lipinski definition) is 1. The first-order valence-corrected chi connectivity index (χ1v) is 6.43. The van der Waals surface area contributed by atoms with Crippen LogP contribution in [0.15, 0.2) is 30.3 Å². The van der Waals surface area contributed by atoms with Crippen molar-refractivity contribution in [1.82, 2.24) is 10.2 Å². The minimum absolute atomic E-state index is 0.767. The Morgan fingerprint density at radius 3 is 2.56 bits per heavy atom. The zero-order valence-corrected chi connectivity index (χ0v) is 10.3. The van der Waals surface area contributed by atoms with Crippen LogP contribution in [-0.4, -0.2) is 30.1 Å². The fraction of sp³-hybridized carbons (Fsp3) is 0.571. The SMILES string of the molecule is CC.c1ccc(CN2CC3CC2CN3)cc1. The van der Waals surface area contributed by atoms with Crippen LogP contribution in [0.2, 0.25) is 0 Å². The van der Waals surface area contributed by atoms with Gasteiger partial charge in [-0.2, -0.15) is 0 Å². The van der Waals surface area contributed by atoms with Crippen LogP contribution in [0.4, 0.5) is 0 Å². The summed E-state index contributed by atoms with van der Waals surface area (Å²) >= 11 is 0. The van der Waals surface area contributed by atoms with Crippen LogP contribution < -0.4 is 5.32 Å². The molecule has 1 aromatic carbocycles. The van der Waals surface area contributed by atoms with Crippen molar-refractivity contribution < 1.29 is 0 Å². The molecule has 0 spiro atoms. The summed E-state index contributed by atoms with van der Waals surface area (Å²) in [4.78, 5) is 2.61. The predicted octanol–water partition coefficient (Wildman–Crippen LogP) is 2.26. The highest BCUT2D eigenvalue weighted by molar-refractivity contribution is 5.15. The molecule has 3 rings (SSSR count). The summed E-state index contributed by atoms with van der Waals surface area (Å²) in [6.07, 6.45) is 1.35. The molecule has 1 aromatic rings. The molecule has 0 amide bonds. The van der Waals surface area contributed by atoms with Gasteiger partial charge in [-0.25, -0.2) is 0 Å². The van der Waals surface area contributed by atoms with Gasteiger partial charge in [0.15, 0.2) is 0 Å². The van der Waals surface area contributed by atoms with Crippen molar-refractivity contribution in [3.05, 3.63) is 35.9 Å². The van der Waals surface area contributed by atoms with Crippen molar-refractivity contribution >= 4 is 0 Å². The summed E-state index contributed by atoms with van der Waals surface area (Å²) < 4.78 is 0. The average molecular weight is 218 g/mol. The van der Waals surface area contributed by atoms with E-state index in [0.717, 1.165) is 18.6 Å². The molecule has 16 heavy (non-hydrogen) atoms. The van der Waals surface area contributed by atoms with Crippen molar-refractivity contribution in [2.45, 2.75) is 38.9 Å². The predicted molar refractivity (Wildman–Crippen MR) is 68.4 cm³/mol. The lowest BCUT2D eigenvalue weighted by Crippen LogP contribution is -2.42. The molecule has 0 radical (unpaired) electrons. The first kappa shape index (κ1) is 11.6. The minimum Gasteiger partial charge on any atom is -0.311 e. The lowest BCUT2D eigenvalue weighted by Gasteiger charge is -2.27. The van der Waals surface area contributed by atoms with Gasteiger partial charge in [0, 0.05) is 31.7 Å². The Morgan fingerprint density at radius 2 is 2.00 bits per heavy atom. The van der Waals surface area contributed by atoms with E-state index in [9.17, 15) is 0 Å². The maximum Gasteiger partial charge on any atom is 0.0240 e. The molecule has 88 valence electrons. The Labute approximate surface area is 98.7 Å². The molecule has 2 bridgehead atoms. The van der Waals surface area contributed by atoms with Crippen molar-refractivity contribution in [2.24, 2.45) is 0 Å². The van der Waals surface area contributed by atoms with E-state index < -0.39 is 0 Å². The topological polar surface area (TPSA) is 15.3 Å². The monoisotopic (exact) mass is 218 g/mol.